The van der Waals surface area contributed by atoms with Crippen LogP contribution >= 0.6 is 11.3 Å². The summed E-state index contributed by atoms with van der Waals surface area (Å²) in [4.78, 5) is 6.72. The van der Waals surface area contributed by atoms with Crippen molar-refractivity contribution in [1.29, 1.82) is 0 Å². The molecule has 4 nitrogen and oxygen atoms in total. The largest absolute Gasteiger partial charge is 0.387 e. The van der Waals surface area contributed by atoms with Crippen LogP contribution in [0.5, 0.6) is 0 Å². The predicted octanol–water partition coefficient (Wildman–Crippen LogP) is 2.74. The van der Waals surface area contributed by atoms with Gasteiger partial charge in [0, 0.05) is 37.3 Å². The highest BCUT2D eigenvalue weighted by Crippen LogP contribution is 2.22. The number of nitrogens with one attached hydrogen (secondary N) is 1. The monoisotopic (exact) mass is 317 g/mol. The number of aliphatic hydroxyl groups excluding tert-OH is 1. The van der Waals surface area contributed by atoms with Gasteiger partial charge < -0.3 is 15.3 Å². The van der Waals surface area contributed by atoms with Crippen LogP contribution in [-0.2, 0) is 0 Å². The van der Waals surface area contributed by atoms with Gasteiger partial charge in [-0.1, -0.05) is 29.8 Å². The molecule has 1 saturated heterocycles. The van der Waals surface area contributed by atoms with E-state index in [2.05, 4.69) is 22.1 Å². The maximum Gasteiger partial charge on any atom is 0.185 e. The molecule has 2 N–H and O–H groups in total. The van der Waals surface area contributed by atoms with E-state index in [1.807, 2.05) is 35.8 Å². The second kappa shape index (κ2) is 7.22. The van der Waals surface area contributed by atoms with Gasteiger partial charge in [0.2, 0.25) is 0 Å². The van der Waals surface area contributed by atoms with Crippen molar-refractivity contribution < 1.29 is 5.11 Å². The van der Waals surface area contributed by atoms with Crippen molar-refractivity contribution in [3.63, 3.8) is 0 Å². The summed E-state index contributed by atoms with van der Waals surface area (Å²) in [5, 5.41) is 16.9. The summed E-state index contributed by atoms with van der Waals surface area (Å²) in [6.45, 7) is 4.74. The molecular formula is C17H23N3OS. The quantitative estimate of drug-likeness (QED) is 0.890. The lowest BCUT2D eigenvalue weighted by atomic mass is 10.0. The van der Waals surface area contributed by atoms with E-state index >= 15 is 0 Å². The summed E-state index contributed by atoms with van der Waals surface area (Å²) < 4.78 is 0. The van der Waals surface area contributed by atoms with Gasteiger partial charge in [-0.2, -0.15) is 0 Å². The number of aromatic nitrogens is 1. The van der Waals surface area contributed by atoms with Gasteiger partial charge in [-0.15, -0.1) is 11.3 Å². The highest BCUT2D eigenvalue weighted by Gasteiger charge is 2.21. The van der Waals surface area contributed by atoms with Crippen molar-refractivity contribution in [2.45, 2.75) is 31.9 Å². The molecule has 5 heteroatoms. The minimum atomic E-state index is -0.433. The molecule has 1 aromatic heterocycles. The van der Waals surface area contributed by atoms with Crippen molar-refractivity contribution >= 4 is 16.5 Å². The van der Waals surface area contributed by atoms with Gasteiger partial charge >= 0.3 is 0 Å². The molecule has 0 aliphatic carbocycles. The van der Waals surface area contributed by atoms with Crippen LogP contribution in [0, 0.1) is 6.92 Å². The van der Waals surface area contributed by atoms with Gasteiger partial charge in [0.25, 0.3) is 0 Å². The van der Waals surface area contributed by atoms with Crippen molar-refractivity contribution in [2.24, 2.45) is 0 Å². The first-order chi connectivity index (χ1) is 10.7. The Labute approximate surface area is 135 Å². The van der Waals surface area contributed by atoms with Crippen LogP contribution < -0.4 is 10.2 Å². The second-order valence-electron chi connectivity index (χ2n) is 5.91. The zero-order chi connectivity index (χ0) is 15.4. The molecule has 3 rings (SSSR count). The van der Waals surface area contributed by atoms with Crippen LogP contribution in [0.25, 0.3) is 0 Å². The molecule has 0 radical (unpaired) electrons. The van der Waals surface area contributed by atoms with Crippen LogP contribution in [0.4, 0.5) is 5.13 Å². The number of hydrogen-bond acceptors (Lipinski definition) is 5. The molecule has 1 fully saturated rings. The Morgan fingerprint density at radius 1 is 1.32 bits per heavy atom. The molecule has 1 aliphatic rings. The molecule has 0 spiro atoms. The van der Waals surface area contributed by atoms with Crippen LogP contribution in [0.2, 0.25) is 0 Å². The molecule has 0 saturated carbocycles. The Kier molecular flexibility index (Phi) is 5.08. The molecule has 1 atom stereocenters. The third-order valence-electron chi connectivity index (χ3n) is 4.25. The number of benzene rings is 1. The zero-order valence-corrected chi connectivity index (χ0v) is 13.7. The van der Waals surface area contributed by atoms with E-state index in [0.29, 0.717) is 12.6 Å². The van der Waals surface area contributed by atoms with E-state index in [4.69, 9.17) is 0 Å². The van der Waals surface area contributed by atoms with E-state index in [1.165, 1.54) is 5.56 Å². The standard InChI is InChI=1S/C17H23N3OS/c1-13-2-4-14(5-3-13)16(21)12-19-15-6-9-20(10-7-15)17-18-8-11-22-17/h2-5,8,11,15-16,19,21H,6-7,9-10,12H2,1H3. The Balaban J connectivity index is 1.44. The van der Waals surface area contributed by atoms with Gasteiger partial charge in [0.05, 0.1) is 6.10 Å². The number of rotatable bonds is 5. The average Bonchev–Trinajstić information content (AvgIpc) is 3.08. The van der Waals surface area contributed by atoms with Crippen LogP contribution in [0.15, 0.2) is 35.8 Å². The topological polar surface area (TPSA) is 48.4 Å². The lowest BCUT2D eigenvalue weighted by Crippen LogP contribution is -2.43. The van der Waals surface area contributed by atoms with E-state index in [0.717, 1.165) is 36.6 Å². The van der Waals surface area contributed by atoms with E-state index in [1.54, 1.807) is 11.3 Å². The normalized spacial score (nSPS) is 17.6. The summed E-state index contributed by atoms with van der Waals surface area (Å²) >= 11 is 1.70. The molecule has 1 unspecified atom stereocenters. The number of thiazole rings is 1. The van der Waals surface area contributed by atoms with Gasteiger partial charge in [0.15, 0.2) is 5.13 Å². The van der Waals surface area contributed by atoms with Crippen molar-refractivity contribution in [2.75, 3.05) is 24.5 Å². The van der Waals surface area contributed by atoms with Gasteiger partial charge in [-0.25, -0.2) is 4.98 Å². The fourth-order valence-electron chi connectivity index (χ4n) is 2.83. The Morgan fingerprint density at radius 2 is 2.05 bits per heavy atom. The molecule has 1 aromatic carbocycles. The minimum Gasteiger partial charge on any atom is -0.387 e. The SMILES string of the molecule is Cc1ccc(C(O)CNC2CCN(c3nccs3)CC2)cc1. The minimum absolute atomic E-state index is 0.433. The lowest BCUT2D eigenvalue weighted by Gasteiger charge is -2.32. The average molecular weight is 317 g/mol. The molecule has 1 aliphatic heterocycles. The number of hydrogen-bond donors (Lipinski definition) is 2. The first-order valence-corrected chi connectivity index (χ1v) is 8.73. The highest BCUT2D eigenvalue weighted by atomic mass is 32.1. The van der Waals surface area contributed by atoms with E-state index in [9.17, 15) is 5.11 Å². The highest BCUT2D eigenvalue weighted by molar-refractivity contribution is 7.13. The third-order valence-corrected chi connectivity index (χ3v) is 5.08. The molecule has 22 heavy (non-hydrogen) atoms. The Morgan fingerprint density at radius 3 is 2.68 bits per heavy atom. The fraction of sp³-hybridized carbons (Fsp3) is 0.471. The van der Waals surface area contributed by atoms with Crippen molar-refractivity contribution in [3.8, 4) is 0 Å². The second-order valence-corrected chi connectivity index (χ2v) is 6.78. The van der Waals surface area contributed by atoms with E-state index < -0.39 is 6.10 Å². The first kappa shape index (κ1) is 15.5. The van der Waals surface area contributed by atoms with E-state index in [-0.39, 0.29) is 0 Å². The van der Waals surface area contributed by atoms with Crippen LogP contribution in [0.3, 0.4) is 0 Å². The third kappa shape index (κ3) is 3.85. The number of anilines is 1. The summed E-state index contributed by atoms with van der Waals surface area (Å²) in [5.74, 6) is 0. The summed E-state index contributed by atoms with van der Waals surface area (Å²) in [7, 11) is 0. The number of aryl methyl sites for hydroxylation is 1. The van der Waals surface area contributed by atoms with Crippen LogP contribution in [-0.4, -0.2) is 35.8 Å². The summed E-state index contributed by atoms with van der Waals surface area (Å²) in [6.07, 6.45) is 3.63. The number of piperidine rings is 1. The summed E-state index contributed by atoms with van der Waals surface area (Å²) in [5.41, 5.74) is 2.21. The first-order valence-electron chi connectivity index (χ1n) is 7.85. The van der Waals surface area contributed by atoms with Gasteiger partial charge in [-0.05, 0) is 25.3 Å². The Hall–Kier alpha value is -1.43. The lowest BCUT2D eigenvalue weighted by molar-refractivity contribution is 0.167. The molecule has 0 amide bonds. The van der Waals surface area contributed by atoms with Crippen molar-refractivity contribution in [1.82, 2.24) is 10.3 Å². The molecule has 0 bridgehead atoms. The smallest absolute Gasteiger partial charge is 0.185 e. The molecular weight excluding hydrogens is 294 g/mol. The maximum atomic E-state index is 10.3. The fourth-order valence-corrected chi connectivity index (χ4v) is 3.53. The van der Waals surface area contributed by atoms with Gasteiger partial charge in [-0.3, -0.25) is 0 Å². The zero-order valence-electron chi connectivity index (χ0n) is 12.9. The number of aliphatic hydroxyl groups is 1. The number of nitrogens with zero attached hydrogens (tertiary/aromatic N) is 2. The molecule has 118 valence electrons. The predicted molar refractivity (Wildman–Crippen MR) is 91.5 cm³/mol. The van der Waals surface area contributed by atoms with Crippen LogP contribution in [0.1, 0.15) is 30.1 Å². The Bertz CT molecular complexity index is 562. The summed E-state index contributed by atoms with van der Waals surface area (Å²) in [6, 6.07) is 8.59. The van der Waals surface area contributed by atoms with Gasteiger partial charge in [0.1, 0.15) is 0 Å². The molecule has 2 heterocycles. The van der Waals surface area contributed by atoms with Crippen molar-refractivity contribution in [3.05, 3.63) is 47.0 Å². The molecule has 2 aromatic rings. The maximum absolute atomic E-state index is 10.3.